The minimum atomic E-state index is -3.38. The Balaban J connectivity index is 2.04. The minimum absolute atomic E-state index is 0.0832. The highest BCUT2D eigenvalue weighted by molar-refractivity contribution is 7.90. The van der Waals surface area contributed by atoms with Gasteiger partial charge in [-0.2, -0.15) is 0 Å². The summed E-state index contributed by atoms with van der Waals surface area (Å²) in [6.07, 6.45) is 1.11. The lowest BCUT2D eigenvalue weighted by atomic mass is 9.98. The Kier molecular flexibility index (Phi) is 4.47. The first kappa shape index (κ1) is 18.9. The number of phenols is 1. The molecule has 1 aromatic heterocycles. The second-order valence-electron chi connectivity index (χ2n) is 6.62. The summed E-state index contributed by atoms with van der Waals surface area (Å²) in [5.74, 6) is -0.310. The van der Waals surface area contributed by atoms with Gasteiger partial charge >= 0.3 is 0 Å². The van der Waals surface area contributed by atoms with Crippen LogP contribution in [0, 0.1) is 5.82 Å². The van der Waals surface area contributed by atoms with Crippen LogP contribution in [0.1, 0.15) is 0 Å². The molecule has 0 saturated carbocycles. The van der Waals surface area contributed by atoms with Crippen molar-refractivity contribution in [3.05, 3.63) is 82.8 Å². The van der Waals surface area contributed by atoms with Crippen LogP contribution in [0.15, 0.2) is 80.8 Å². The number of phenolic OH excluding ortho intramolecular Hbond substituents is 1. The lowest BCUT2D eigenvalue weighted by Gasteiger charge is -2.11. The van der Waals surface area contributed by atoms with E-state index < -0.39 is 21.1 Å². The second kappa shape index (κ2) is 6.86. The molecular formula is C22H15FO5S. The van der Waals surface area contributed by atoms with Crippen LogP contribution < -0.4 is 5.43 Å². The van der Waals surface area contributed by atoms with E-state index in [1.807, 2.05) is 0 Å². The van der Waals surface area contributed by atoms with Gasteiger partial charge in [-0.15, -0.1) is 0 Å². The zero-order chi connectivity index (χ0) is 20.8. The average molecular weight is 410 g/mol. The molecule has 0 aliphatic rings. The van der Waals surface area contributed by atoms with Crippen molar-refractivity contribution < 1.29 is 22.3 Å². The summed E-state index contributed by atoms with van der Waals surface area (Å²) in [4.78, 5) is 13.4. The highest BCUT2D eigenvalue weighted by Gasteiger charge is 2.19. The van der Waals surface area contributed by atoms with E-state index in [0.717, 1.165) is 6.26 Å². The maximum absolute atomic E-state index is 13.4. The van der Waals surface area contributed by atoms with Crippen molar-refractivity contribution in [1.29, 1.82) is 0 Å². The minimum Gasteiger partial charge on any atom is -0.508 e. The van der Waals surface area contributed by atoms with E-state index in [9.17, 15) is 22.7 Å². The van der Waals surface area contributed by atoms with Crippen LogP contribution >= 0.6 is 0 Å². The van der Waals surface area contributed by atoms with Gasteiger partial charge in [0.05, 0.1) is 15.8 Å². The molecule has 7 heteroatoms. The van der Waals surface area contributed by atoms with Crippen molar-refractivity contribution in [2.75, 3.05) is 6.26 Å². The number of fused-ring (bicyclic) bond motifs is 1. The molecule has 0 atom stereocenters. The van der Waals surface area contributed by atoms with E-state index in [0.29, 0.717) is 11.1 Å². The van der Waals surface area contributed by atoms with Gasteiger partial charge in [-0.1, -0.05) is 12.1 Å². The second-order valence-corrected chi connectivity index (χ2v) is 8.63. The molecule has 3 aromatic carbocycles. The largest absolute Gasteiger partial charge is 0.508 e. The third kappa shape index (κ3) is 3.52. The van der Waals surface area contributed by atoms with E-state index >= 15 is 0 Å². The predicted molar refractivity (Wildman–Crippen MR) is 108 cm³/mol. The Morgan fingerprint density at radius 3 is 2.14 bits per heavy atom. The summed E-state index contributed by atoms with van der Waals surface area (Å²) >= 11 is 0. The maximum atomic E-state index is 13.4. The van der Waals surface area contributed by atoms with Gasteiger partial charge < -0.3 is 9.52 Å². The summed E-state index contributed by atoms with van der Waals surface area (Å²) in [5, 5.41) is 9.94. The first-order valence-electron chi connectivity index (χ1n) is 8.60. The standard InChI is InChI=1S/C22H15FO5S/c1-29(26,27)17-9-4-14(5-10-17)22-20(13-2-6-15(23)7-3-13)21(25)18-12-16(24)8-11-19(18)28-22/h2-12,24H,1H3. The van der Waals surface area contributed by atoms with Crippen molar-refractivity contribution >= 4 is 20.8 Å². The van der Waals surface area contributed by atoms with Crippen molar-refractivity contribution in [2.45, 2.75) is 4.90 Å². The lowest BCUT2D eigenvalue weighted by Crippen LogP contribution is -2.07. The summed E-state index contributed by atoms with van der Waals surface area (Å²) in [7, 11) is -3.38. The summed E-state index contributed by atoms with van der Waals surface area (Å²) in [5.41, 5.74) is 0.989. The smallest absolute Gasteiger partial charge is 0.201 e. The highest BCUT2D eigenvalue weighted by Crippen LogP contribution is 2.34. The molecule has 1 heterocycles. The first-order chi connectivity index (χ1) is 13.7. The Bertz CT molecular complexity index is 1390. The van der Waals surface area contributed by atoms with Crippen LogP contribution in [0.3, 0.4) is 0 Å². The van der Waals surface area contributed by atoms with Crippen molar-refractivity contribution in [2.24, 2.45) is 0 Å². The molecule has 0 bridgehead atoms. The van der Waals surface area contributed by atoms with Crippen LogP contribution in [0.2, 0.25) is 0 Å². The van der Waals surface area contributed by atoms with Gasteiger partial charge in [0.15, 0.2) is 9.84 Å². The highest BCUT2D eigenvalue weighted by atomic mass is 32.2. The Morgan fingerprint density at radius 1 is 0.897 bits per heavy atom. The summed E-state index contributed by atoms with van der Waals surface area (Å²) in [6, 6.07) is 15.5. The average Bonchev–Trinajstić information content (AvgIpc) is 2.69. The SMILES string of the molecule is CS(=O)(=O)c1ccc(-c2oc3ccc(O)cc3c(=O)c2-c2ccc(F)cc2)cc1. The molecule has 1 N–H and O–H groups in total. The molecule has 29 heavy (non-hydrogen) atoms. The van der Waals surface area contributed by atoms with Gasteiger partial charge in [0.2, 0.25) is 5.43 Å². The van der Waals surface area contributed by atoms with Gasteiger partial charge in [0.1, 0.15) is 22.9 Å². The van der Waals surface area contributed by atoms with E-state index in [1.54, 1.807) is 12.1 Å². The first-order valence-corrected chi connectivity index (χ1v) is 10.5. The molecule has 0 aliphatic carbocycles. The molecule has 0 fully saturated rings. The van der Waals surface area contributed by atoms with Crippen molar-refractivity contribution in [1.82, 2.24) is 0 Å². The van der Waals surface area contributed by atoms with Crippen molar-refractivity contribution in [3.8, 4) is 28.2 Å². The molecule has 0 radical (unpaired) electrons. The topological polar surface area (TPSA) is 84.6 Å². The fourth-order valence-corrected chi connectivity index (χ4v) is 3.75. The fourth-order valence-electron chi connectivity index (χ4n) is 3.12. The molecule has 5 nitrogen and oxygen atoms in total. The number of hydrogen-bond donors (Lipinski definition) is 1. The third-order valence-electron chi connectivity index (χ3n) is 4.55. The van der Waals surface area contributed by atoms with Gasteiger partial charge in [0.25, 0.3) is 0 Å². The van der Waals surface area contributed by atoms with Crippen LogP contribution in [0.25, 0.3) is 33.4 Å². The predicted octanol–water partition coefficient (Wildman–Crippen LogP) is 4.38. The van der Waals surface area contributed by atoms with Gasteiger partial charge in [-0.25, -0.2) is 12.8 Å². The number of benzene rings is 3. The van der Waals surface area contributed by atoms with Crippen molar-refractivity contribution in [3.63, 3.8) is 0 Å². The number of halogens is 1. The van der Waals surface area contributed by atoms with E-state index in [1.165, 1.54) is 54.6 Å². The zero-order valence-corrected chi connectivity index (χ0v) is 16.0. The molecule has 0 spiro atoms. The third-order valence-corrected chi connectivity index (χ3v) is 5.68. The van der Waals surface area contributed by atoms with Crippen LogP contribution in [0.5, 0.6) is 5.75 Å². The number of rotatable bonds is 3. The molecule has 0 amide bonds. The monoisotopic (exact) mass is 410 g/mol. The van der Waals surface area contributed by atoms with E-state index in [4.69, 9.17) is 4.42 Å². The molecule has 146 valence electrons. The van der Waals surface area contributed by atoms with Gasteiger partial charge in [-0.3, -0.25) is 4.79 Å². The van der Waals surface area contributed by atoms with Gasteiger partial charge in [-0.05, 0) is 60.2 Å². The lowest BCUT2D eigenvalue weighted by molar-refractivity contribution is 0.475. The summed E-state index contributed by atoms with van der Waals surface area (Å²) in [6.45, 7) is 0. The van der Waals surface area contributed by atoms with Gasteiger partial charge in [0, 0.05) is 11.8 Å². The van der Waals surface area contributed by atoms with Crippen LogP contribution in [-0.2, 0) is 9.84 Å². The number of sulfone groups is 1. The zero-order valence-electron chi connectivity index (χ0n) is 15.2. The number of hydrogen-bond acceptors (Lipinski definition) is 5. The Morgan fingerprint density at radius 2 is 1.52 bits per heavy atom. The number of aromatic hydroxyl groups is 1. The van der Waals surface area contributed by atoms with Crippen LogP contribution in [0.4, 0.5) is 4.39 Å². The molecule has 4 aromatic rings. The quantitative estimate of drug-likeness (QED) is 0.542. The maximum Gasteiger partial charge on any atom is 0.201 e. The summed E-state index contributed by atoms with van der Waals surface area (Å²) < 4.78 is 42.8. The fraction of sp³-hybridized carbons (Fsp3) is 0.0455. The molecule has 0 unspecified atom stereocenters. The van der Waals surface area contributed by atoms with E-state index in [-0.39, 0.29) is 32.9 Å². The van der Waals surface area contributed by atoms with E-state index in [2.05, 4.69) is 0 Å². The normalized spacial score (nSPS) is 11.7. The molecule has 4 rings (SSSR count). The molecule has 0 aliphatic heterocycles. The molecule has 0 saturated heterocycles. The Hall–Kier alpha value is -3.45. The van der Waals surface area contributed by atoms with Crippen LogP contribution in [-0.4, -0.2) is 19.8 Å². The Labute approximate surface area is 165 Å². The molecular weight excluding hydrogens is 395 g/mol.